The summed E-state index contributed by atoms with van der Waals surface area (Å²) in [6.45, 7) is 1.77. The Hall–Kier alpha value is -3.46. The molecule has 1 aromatic carbocycles. The first-order chi connectivity index (χ1) is 11.7. The van der Waals surface area contributed by atoms with Gasteiger partial charge in [-0.05, 0) is 31.2 Å². The smallest absolute Gasteiger partial charge is 0.351 e. The van der Waals surface area contributed by atoms with Crippen molar-refractivity contribution >= 4 is 17.6 Å². The van der Waals surface area contributed by atoms with Crippen molar-refractivity contribution in [2.24, 2.45) is 0 Å². The molecular weight excluding hydrogens is 306 g/mol. The molecule has 0 radical (unpaired) electrons. The summed E-state index contributed by atoms with van der Waals surface area (Å²) >= 11 is 0. The number of nitriles is 1. The summed E-state index contributed by atoms with van der Waals surface area (Å²) in [6.07, 6.45) is 3.01. The van der Waals surface area contributed by atoms with Crippen LogP contribution in [0.2, 0.25) is 0 Å². The number of nitrogens with zero attached hydrogens (tertiary/aromatic N) is 2. The lowest BCUT2D eigenvalue weighted by atomic mass is 10.1. The van der Waals surface area contributed by atoms with E-state index in [2.05, 4.69) is 10.3 Å². The molecule has 24 heavy (non-hydrogen) atoms. The van der Waals surface area contributed by atoms with Crippen molar-refractivity contribution in [3.63, 3.8) is 0 Å². The van der Waals surface area contributed by atoms with Crippen molar-refractivity contribution in [3.05, 3.63) is 71.6 Å². The minimum Gasteiger partial charge on any atom is -0.462 e. The van der Waals surface area contributed by atoms with Crippen molar-refractivity contribution in [2.75, 3.05) is 6.61 Å². The highest BCUT2D eigenvalue weighted by molar-refractivity contribution is 6.07. The van der Waals surface area contributed by atoms with E-state index >= 15 is 0 Å². The molecular formula is C18H15N3O3. The average Bonchev–Trinajstić information content (AvgIpc) is 2.63. The first-order valence-electron chi connectivity index (χ1n) is 7.25. The van der Waals surface area contributed by atoms with Gasteiger partial charge < -0.3 is 10.1 Å². The van der Waals surface area contributed by atoms with E-state index < -0.39 is 11.9 Å². The number of rotatable bonds is 5. The second kappa shape index (κ2) is 8.25. The Kier molecular flexibility index (Phi) is 5.81. The van der Waals surface area contributed by atoms with Crippen molar-refractivity contribution < 1.29 is 14.3 Å². The van der Waals surface area contributed by atoms with Gasteiger partial charge >= 0.3 is 5.97 Å². The van der Waals surface area contributed by atoms with Crippen LogP contribution in [0.4, 0.5) is 0 Å². The summed E-state index contributed by atoms with van der Waals surface area (Å²) in [5.41, 5.74) is 0.712. The molecule has 0 aliphatic rings. The number of benzene rings is 1. The fourth-order valence-corrected chi connectivity index (χ4v) is 1.98. The van der Waals surface area contributed by atoms with Gasteiger partial charge in [-0.2, -0.15) is 5.26 Å². The highest BCUT2D eigenvalue weighted by atomic mass is 16.5. The van der Waals surface area contributed by atoms with Crippen LogP contribution in [0.25, 0.3) is 5.70 Å². The van der Waals surface area contributed by atoms with E-state index in [4.69, 9.17) is 4.74 Å². The maximum absolute atomic E-state index is 12.4. The summed E-state index contributed by atoms with van der Waals surface area (Å²) in [6, 6.07) is 13.5. The average molecular weight is 321 g/mol. The van der Waals surface area contributed by atoms with Gasteiger partial charge in [0.25, 0.3) is 5.91 Å². The maximum atomic E-state index is 12.4. The summed E-state index contributed by atoms with van der Waals surface area (Å²) in [7, 11) is 0. The van der Waals surface area contributed by atoms with E-state index in [0.717, 1.165) is 0 Å². The van der Waals surface area contributed by atoms with E-state index in [9.17, 15) is 14.9 Å². The minimum atomic E-state index is -0.792. The number of nitrogens with one attached hydrogen (secondary N) is 1. The highest BCUT2D eigenvalue weighted by Gasteiger charge is 2.20. The fourth-order valence-electron chi connectivity index (χ4n) is 1.98. The molecule has 0 aliphatic heterocycles. The maximum Gasteiger partial charge on any atom is 0.351 e. The van der Waals surface area contributed by atoms with Gasteiger partial charge in [-0.1, -0.05) is 18.2 Å². The zero-order valence-electron chi connectivity index (χ0n) is 13.0. The third-order valence-electron chi connectivity index (χ3n) is 3.08. The summed E-state index contributed by atoms with van der Waals surface area (Å²) in [5, 5.41) is 12.0. The Labute approximate surface area is 139 Å². The fraction of sp³-hybridized carbons (Fsp3) is 0.111. The van der Waals surface area contributed by atoms with Gasteiger partial charge in [0.05, 0.1) is 12.3 Å². The molecule has 0 aliphatic carbocycles. The molecule has 0 spiro atoms. The number of pyridine rings is 1. The van der Waals surface area contributed by atoms with E-state index in [-0.39, 0.29) is 17.9 Å². The van der Waals surface area contributed by atoms with Crippen LogP contribution in [0, 0.1) is 11.3 Å². The van der Waals surface area contributed by atoms with Crippen molar-refractivity contribution in [2.45, 2.75) is 6.92 Å². The molecule has 0 saturated carbocycles. The summed E-state index contributed by atoms with van der Waals surface area (Å²) < 4.78 is 4.90. The van der Waals surface area contributed by atoms with E-state index in [1.807, 2.05) is 6.07 Å². The van der Waals surface area contributed by atoms with E-state index in [0.29, 0.717) is 11.1 Å². The molecule has 2 rings (SSSR count). The number of hydrogen-bond donors (Lipinski definition) is 1. The number of carbonyl (C=O) groups is 2. The number of amides is 1. The first kappa shape index (κ1) is 16.9. The Balaban J connectivity index is 2.46. The molecule has 2 aromatic rings. The third-order valence-corrected chi connectivity index (χ3v) is 3.08. The van der Waals surface area contributed by atoms with Gasteiger partial charge in [0.15, 0.2) is 5.57 Å². The molecule has 0 bridgehead atoms. The Morgan fingerprint density at radius 3 is 2.38 bits per heavy atom. The highest BCUT2D eigenvalue weighted by Crippen LogP contribution is 2.17. The van der Waals surface area contributed by atoms with Crippen LogP contribution in [-0.2, 0) is 9.53 Å². The van der Waals surface area contributed by atoms with Gasteiger partial charge in [0, 0.05) is 23.5 Å². The number of hydrogen-bond acceptors (Lipinski definition) is 5. The number of ether oxygens (including phenoxy) is 1. The molecule has 6 heteroatoms. The van der Waals surface area contributed by atoms with Crippen LogP contribution < -0.4 is 5.32 Å². The Bertz CT molecular complexity index is 793. The number of aromatic nitrogens is 1. The quantitative estimate of drug-likeness (QED) is 0.518. The van der Waals surface area contributed by atoms with Crippen LogP contribution in [0.3, 0.4) is 0 Å². The Morgan fingerprint density at radius 2 is 1.79 bits per heavy atom. The van der Waals surface area contributed by atoms with Crippen molar-refractivity contribution in [1.82, 2.24) is 10.3 Å². The molecule has 1 aromatic heterocycles. The van der Waals surface area contributed by atoms with Gasteiger partial charge in [0.1, 0.15) is 6.07 Å². The van der Waals surface area contributed by atoms with Gasteiger partial charge in [-0.25, -0.2) is 4.79 Å². The lowest BCUT2D eigenvalue weighted by molar-refractivity contribution is -0.137. The van der Waals surface area contributed by atoms with Gasteiger partial charge in [0.2, 0.25) is 0 Å². The second-order valence-corrected chi connectivity index (χ2v) is 4.64. The molecule has 120 valence electrons. The molecule has 6 nitrogen and oxygen atoms in total. The molecule has 1 heterocycles. The van der Waals surface area contributed by atoms with E-state index in [1.165, 1.54) is 12.4 Å². The minimum absolute atomic E-state index is 0.0900. The number of carbonyl (C=O) groups excluding carboxylic acids is 2. The SMILES string of the molecule is CCOC(=O)/C(C#N)=C(/NC(=O)c1ccccc1)c1ccncc1. The summed E-state index contributed by atoms with van der Waals surface area (Å²) in [5.74, 6) is -1.22. The summed E-state index contributed by atoms with van der Waals surface area (Å²) in [4.78, 5) is 28.3. The molecule has 1 amide bonds. The molecule has 0 unspecified atom stereocenters. The zero-order valence-corrected chi connectivity index (χ0v) is 13.0. The zero-order chi connectivity index (χ0) is 17.4. The van der Waals surface area contributed by atoms with Crippen LogP contribution >= 0.6 is 0 Å². The molecule has 0 fully saturated rings. The number of esters is 1. The molecule has 0 saturated heterocycles. The standard InChI is InChI=1S/C18H15N3O3/c1-2-24-18(23)15(12-19)16(13-8-10-20-11-9-13)21-17(22)14-6-4-3-5-7-14/h3-11H,2H2,1H3,(H,21,22)/b16-15+. The van der Waals surface area contributed by atoms with Crippen molar-refractivity contribution in [3.8, 4) is 6.07 Å². The van der Waals surface area contributed by atoms with Crippen LogP contribution in [-0.4, -0.2) is 23.5 Å². The second-order valence-electron chi connectivity index (χ2n) is 4.64. The van der Waals surface area contributed by atoms with Crippen LogP contribution in [0.15, 0.2) is 60.4 Å². The van der Waals surface area contributed by atoms with E-state index in [1.54, 1.807) is 49.4 Å². The van der Waals surface area contributed by atoms with Crippen LogP contribution in [0.5, 0.6) is 0 Å². The topological polar surface area (TPSA) is 92.1 Å². The largest absolute Gasteiger partial charge is 0.462 e. The first-order valence-corrected chi connectivity index (χ1v) is 7.25. The predicted octanol–water partition coefficient (Wildman–Crippen LogP) is 2.31. The lowest BCUT2D eigenvalue weighted by Gasteiger charge is -2.12. The lowest BCUT2D eigenvalue weighted by Crippen LogP contribution is -2.25. The monoisotopic (exact) mass is 321 g/mol. The molecule has 1 N–H and O–H groups in total. The Morgan fingerprint density at radius 1 is 1.12 bits per heavy atom. The predicted molar refractivity (Wildman–Crippen MR) is 87.3 cm³/mol. The molecule has 0 atom stereocenters. The van der Waals surface area contributed by atoms with Gasteiger partial charge in [-0.15, -0.1) is 0 Å². The van der Waals surface area contributed by atoms with Crippen LogP contribution in [0.1, 0.15) is 22.8 Å². The normalized spacial score (nSPS) is 11.0. The van der Waals surface area contributed by atoms with Crippen molar-refractivity contribution in [1.29, 1.82) is 5.26 Å². The third kappa shape index (κ3) is 4.05. The van der Waals surface area contributed by atoms with Gasteiger partial charge in [-0.3, -0.25) is 9.78 Å².